The quantitative estimate of drug-likeness (QED) is 0.572. The number of nitriles is 1. The number of oxime groups is 1. The molecule has 0 fully saturated rings. The van der Waals surface area contributed by atoms with Crippen LogP contribution in [0.3, 0.4) is 0 Å². The molecule has 0 spiro atoms. The van der Waals surface area contributed by atoms with Crippen LogP contribution in [0, 0.1) is 11.3 Å². The summed E-state index contributed by atoms with van der Waals surface area (Å²) in [5, 5.41) is 12.8. The van der Waals surface area contributed by atoms with Gasteiger partial charge in [-0.3, -0.25) is 0 Å². The molecule has 124 valence electrons. The third-order valence-electron chi connectivity index (χ3n) is 3.04. The lowest BCUT2D eigenvalue weighted by Crippen LogP contribution is -2.03. The van der Waals surface area contributed by atoms with Gasteiger partial charge in [-0.05, 0) is 24.3 Å². The van der Waals surface area contributed by atoms with Crippen LogP contribution in [0.5, 0.6) is 11.5 Å². The van der Waals surface area contributed by atoms with Crippen molar-refractivity contribution in [2.45, 2.75) is 13.2 Å². The van der Waals surface area contributed by atoms with Crippen molar-refractivity contribution in [2.24, 2.45) is 5.16 Å². The molecule has 2 aromatic rings. The van der Waals surface area contributed by atoms with Gasteiger partial charge in [0, 0.05) is 11.1 Å². The van der Waals surface area contributed by atoms with Gasteiger partial charge in [-0.1, -0.05) is 23.4 Å². The fraction of sp³-hybridized carbons (Fsp3) is 0.176. The van der Waals surface area contributed by atoms with Crippen molar-refractivity contribution >= 4 is 6.21 Å². The zero-order valence-corrected chi connectivity index (χ0v) is 12.8. The molecule has 0 unspecified atom stereocenters. The number of ether oxygens (including phenoxy) is 2. The van der Waals surface area contributed by atoms with Crippen molar-refractivity contribution in [3.63, 3.8) is 0 Å². The first-order valence-electron chi connectivity index (χ1n) is 6.90. The number of hydrogen-bond donors (Lipinski definition) is 0. The molecule has 0 aliphatic rings. The van der Waals surface area contributed by atoms with Crippen molar-refractivity contribution in [1.82, 2.24) is 0 Å². The Kier molecular flexibility index (Phi) is 6.08. The Hall–Kier alpha value is -3.14. The summed E-state index contributed by atoms with van der Waals surface area (Å²) in [6, 6.07) is 13.5. The van der Waals surface area contributed by atoms with Crippen molar-refractivity contribution in [3.8, 4) is 17.6 Å². The molecule has 0 N–H and O–H groups in total. The highest BCUT2D eigenvalue weighted by atomic mass is 19.3. The van der Waals surface area contributed by atoms with E-state index in [1.165, 1.54) is 31.5 Å². The van der Waals surface area contributed by atoms with Crippen LogP contribution in [0.2, 0.25) is 0 Å². The summed E-state index contributed by atoms with van der Waals surface area (Å²) in [5.41, 5.74) is 1.82. The van der Waals surface area contributed by atoms with Gasteiger partial charge in [0.15, 0.2) is 11.5 Å². The van der Waals surface area contributed by atoms with Crippen molar-refractivity contribution in [3.05, 3.63) is 59.2 Å². The van der Waals surface area contributed by atoms with Crippen LogP contribution < -0.4 is 9.47 Å². The summed E-state index contributed by atoms with van der Waals surface area (Å²) in [7, 11) is 1.35. The molecule has 2 rings (SSSR count). The predicted molar refractivity (Wildman–Crippen MR) is 83.2 cm³/mol. The van der Waals surface area contributed by atoms with Gasteiger partial charge in [0.05, 0.1) is 25.0 Å². The Bertz CT molecular complexity index is 758. The van der Waals surface area contributed by atoms with Gasteiger partial charge in [-0.2, -0.15) is 14.0 Å². The van der Waals surface area contributed by atoms with E-state index in [1.54, 1.807) is 24.3 Å². The first-order valence-corrected chi connectivity index (χ1v) is 6.90. The molecule has 0 saturated heterocycles. The van der Waals surface area contributed by atoms with E-state index in [-0.39, 0.29) is 18.1 Å². The molecule has 0 amide bonds. The third-order valence-corrected chi connectivity index (χ3v) is 3.04. The number of hydrogen-bond acceptors (Lipinski definition) is 5. The average molecular weight is 332 g/mol. The molecule has 0 aliphatic heterocycles. The summed E-state index contributed by atoms with van der Waals surface area (Å²) >= 11 is 0. The molecule has 0 bridgehead atoms. The monoisotopic (exact) mass is 332 g/mol. The molecule has 7 heteroatoms. The Morgan fingerprint density at radius 1 is 1.21 bits per heavy atom. The maximum atomic E-state index is 12.3. The maximum absolute atomic E-state index is 12.3. The maximum Gasteiger partial charge on any atom is 0.387 e. The highest BCUT2D eigenvalue weighted by Crippen LogP contribution is 2.28. The predicted octanol–water partition coefficient (Wildman–Crippen LogP) is 3.72. The molecule has 0 radical (unpaired) electrons. The number of nitrogens with zero attached hydrogens (tertiary/aromatic N) is 2. The summed E-state index contributed by atoms with van der Waals surface area (Å²) in [4.78, 5) is 5.16. The van der Waals surface area contributed by atoms with Crippen LogP contribution in [-0.4, -0.2) is 19.9 Å². The van der Waals surface area contributed by atoms with E-state index in [2.05, 4.69) is 16.0 Å². The van der Waals surface area contributed by atoms with E-state index in [0.717, 1.165) is 5.56 Å². The van der Waals surface area contributed by atoms with Crippen LogP contribution in [-0.2, 0) is 11.4 Å². The average Bonchev–Trinajstić information content (AvgIpc) is 2.59. The first kappa shape index (κ1) is 17.2. The lowest BCUT2D eigenvalue weighted by Gasteiger charge is -2.09. The number of rotatable bonds is 7. The summed E-state index contributed by atoms with van der Waals surface area (Å²) in [5.74, 6) is 0.0996. The smallest absolute Gasteiger partial charge is 0.387 e. The highest BCUT2D eigenvalue weighted by molar-refractivity contribution is 5.80. The fourth-order valence-corrected chi connectivity index (χ4v) is 1.92. The second kappa shape index (κ2) is 8.48. The number of halogens is 2. The first-order chi connectivity index (χ1) is 11.6. The van der Waals surface area contributed by atoms with E-state index in [4.69, 9.17) is 14.8 Å². The molecule has 0 aliphatic carbocycles. The minimum absolute atomic E-state index is 0.0616. The van der Waals surface area contributed by atoms with Crippen LogP contribution in [0.4, 0.5) is 8.78 Å². The molecule has 0 aromatic heterocycles. The van der Waals surface area contributed by atoms with E-state index in [9.17, 15) is 8.78 Å². The second-order valence-electron chi connectivity index (χ2n) is 4.57. The van der Waals surface area contributed by atoms with Crippen molar-refractivity contribution in [1.29, 1.82) is 5.26 Å². The molecular formula is C17H14F2N2O3. The van der Waals surface area contributed by atoms with E-state index in [1.807, 2.05) is 0 Å². The minimum atomic E-state index is -2.93. The standard InChI is InChI=1S/C17H14F2N2O3/c1-22-16-8-12(6-7-15(16)24-17(18)19)10-21-23-11-14-5-3-2-4-13(14)9-20/h2-8,10,17H,11H2,1H3. The molecule has 24 heavy (non-hydrogen) atoms. The SMILES string of the molecule is COc1cc(C=NOCc2ccccc2C#N)ccc1OC(F)F. The molecule has 5 nitrogen and oxygen atoms in total. The third kappa shape index (κ3) is 4.68. The lowest BCUT2D eigenvalue weighted by atomic mass is 10.1. The number of methoxy groups -OCH3 is 1. The van der Waals surface area contributed by atoms with Gasteiger partial charge in [-0.15, -0.1) is 0 Å². The van der Waals surface area contributed by atoms with Crippen molar-refractivity contribution in [2.75, 3.05) is 7.11 Å². The Morgan fingerprint density at radius 3 is 2.71 bits per heavy atom. The Balaban J connectivity index is 2.00. The summed E-state index contributed by atoms with van der Waals surface area (Å²) in [6.45, 7) is -2.79. The molecule has 0 atom stereocenters. The summed E-state index contributed by atoms with van der Waals surface area (Å²) in [6.07, 6.45) is 1.41. The van der Waals surface area contributed by atoms with E-state index >= 15 is 0 Å². The van der Waals surface area contributed by atoms with Crippen LogP contribution in [0.15, 0.2) is 47.6 Å². The lowest BCUT2D eigenvalue weighted by molar-refractivity contribution is -0.0512. The summed E-state index contributed by atoms with van der Waals surface area (Å²) < 4.78 is 33.9. The Morgan fingerprint density at radius 2 is 2.00 bits per heavy atom. The Labute approximate surface area is 137 Å². The minimum Gasteiger partial charge on any atom is -0.493 e. The zero-order chi connectivity index (χ0) is 17.4. The van der Waals surface area contributed by atoms with Crippen molar-refractivity contribution < 1.29 is 23.1 Å². The van der Waals surface area contributed by atoms with Gasteiger partial charge in [0.1, 0.15) is 6.61 Å². The second-order valence-corrected chi connectivity index (χ2v) is 4.57. The van der Waals surface area contributed by atoms with Gasteiger partial charge < -0.3 is 14.3 Å². The van der Waals surface area contributed by atoms with E-state index in [0.29, 0.717) is 11.1 Å². The molecule has 0 heterocycles. The van der Waals surface area contributed by atoms with E-state index < -0.39 is 6.61 Å². The molecule has 2 aromatic carbocycles. The van der Waals surface area contributed by atoms with Gasteiger partial charge in [0.2, 0.25) is 0 Å². The van der Waals surface area contributed by atoms with Gasteiger partial charge >= 0.3 is 6.61 Å². The topological polar surface area (TPSA) is 63.8 Å². The highest BCUT2D eigenvalue weighted by Gasteiger charge is 2.10. The fourth-order valence-electron chi connectivity index (χ4n) is 1.92. The normalized spacial score (nSPS) is 10.6. The van der Waals surface area contributed by atoms with Gasteiger partial charge in [-0.25, -0.2) is 0 Å². The number of alkyl halides is 2. The largest absolute Gasteiger partial charge is 0.493 e. The van der Waals surface area contributed by atoms with Crippen LogP contribution in [0.25, 0.3) is 0 Å². The van der Waals surface area contributed by atoms with Crippen LogP contribution in [0.1, 0.15) is 16.7 Å². The molecular weight excluding hydrogens is 318 g/mol. The molecule has 0 saturated carbocycles. The van der Waals surface area contributed by atoms with Crippen LogP contribution >= 0.6 is 0 Å². The number of benzene rings is 2. The van der Waals surface area contributed by atoms with Gasteiger partial charge in [0.25, 0.3) is 0 Å². The zero-order valence-electron chi connectivity index (χ0n) is 12.8.